The molecule has 0 aliphatic carbocycles. The fourth-order valence-electron chi connectivity index (χ4n) is 1.65. The van der Waals surface area contributed by atoms with Gasteiger partial charge in [0.1, 0.15) is 10.7 Å². The maximum atomic E-state index is 5.71. The molecule has 2 aromatic carbocycles. The van der Waals surface area contributed by atoms with E-state index in [1.165, 1.54) is 0 Å². The van der Waals surface area contributed by atoms with Crippen LogP contribution in [-0.4, -0.2) is 12.1 Å². The first-order valence-electron chi connectivity index (χ1n) is 5.50. The summed E-state index contributed by atoms with van der Waals surface area (Å²) in [5.74, 6) is 0.758. The highest BCUT2D eigenvalue weighted by Crippen LogP contribution is 2.25. The highest BCUT2D eigenvalue weighted by molar-refractivity contribution is 7.80. The van der Waals surface area contributed by atoms with Gasteiger partial charge in [-0.3, -0.25) is 0 Å². The molecule has 0 amide bonds. The smallest absolute Gasteiger partial charge is 0.120 e. The van der Waals surface area contributed by atoms with Crippen LogP contribution in [0.1, 0.15) is 5.56 Å². The minimum Gasteiger partial charge on any atom is -0.497 e. The summed E-state index contributed by atoms with van der Waals surface area (Å²) in [6.45, 7) is 0. The average molecular weight is 258 g/mol. The Balaban J connectivity index is 2.38. The second kappa shape index (κ2) is 5.51. The maximum Gasteiger partial charge on any atom is 0.120 e. The number of thiocarbonyl (C=S) groups is 1. The molecule has 0 heterocycles. The molecule has 2 aromatic rings. The molecule has 92 valence electrons. The Kier molecular flexibility index (Phi) is 3.79. The van der Waals surface area contributed by atoms with Crippen LogP contribution in [0.25, 0.3) is 0 Å². The van der Waals surface area contributed by atoms with Crippen LogP contribution in [0.15, 0.2) is 48.5 Å². The van der Waals surface area contributed by atoms with Gasteiger partial charge in [-0.2, -0.15) is 0 Å². The third-order valence-electron chi connectivity index (χ3n) is 2.54. The van der Waals surface area contributed by atoms with Crippen LogP contribution in [0.3, 0.4) is 0 Å². The lowest BCUT2D eigenvalue weighted by atomic mass is 10.1. The summed E-state index contributed by atoms with van der Waals surface area (Å²) in [6.07, 6.45) is 0. The molecule has 4 heteroatoms. The number of nitrogens with one attached hydrogen (secondary N) is 1. The maximum absolute atomic E-state index is 5.71. The fourth-order valence-corrected chi connectivity index (χ4v) is 1.82. The molecule has 0 unspecified atom stereocenters. The van der Waals surface area contributed by atoms with Crippen LogP contribution in [0.4, 0.5) is 11.4 Å². The first-order chi connectivity index (χ1) is 8.70. The van der Waals surface area contributed by atoms with Crippen LogP contribution in [0.2, 0.25) is 0 Å². The van der Waals surface area contributed by atoms with Crippen molar-refractivity contribution in [1.82, 2.24) is 0 Å². The van der Waals surface area contributed by atoms with Crippen LogP contribution in [-0.2, 0) is 0 Å². The van der Waals surface area contributed by atoms with Crippen molar-refractivity contribution in [3.63, 3.8) is 0 Å². The number of hydrogen-bond acceptors (Lipinski definition) is 3. The van der Waals surface area contributed by atoms with Gasteiger partial charge >= 0.3 is 0 Å². The summed E-state index contributed by atoms with van der Waals surface area (Å²) < 4.78 is 5.20. The van der Waals surface area contributed by atoms with Crippen LogP contribution < -0.4 is 15.8 Å². The third kappa shape index (κ3) is 2.78. The first kappa shape index (κ1) is 12.4. The zero-order valence-electron chi connectivity index (χ0n) is 10.0. The summed E-state index contributed by atoms with van der Waals surface area (Å²) >= 11 is 5.04. The van der Waals surface area contributed by atoms with E-state index < -0.39 is 0 Å². The van der Waals surface area contributed by atoms with Gasteiger partial charge in [0.05, 0.1) is 12.8 Å². The van der Waals surface area contributed by atoms with Gasteiger partial charge in [0.15, 0.2) is 0 Å². The van der Waals surface area contributed by atoms with E-state index in [-0.39, 0.29) is 0 Å². The molecule has 0 fully saturated rings. The Hall–Kier alpha value is -2.07. The van der Waals surface area contributed by atoms with E-state index in [9.17, 15) is 0 Å². The van der Waals surface area contributed by atoms with Crippen molar-refractivity contribution in [3.8, 4) is 5.75 Å². The molecular formula is C14H14N2OS. The molecule has 2 rings (SSSR count). The predicted octanol–water partition coefficient (Wildman–Crippen LogP) is 3.07. The van der Waals surface area contributed by atoms with Gasteiger partial charge < -0.3 is 15.8 Å². The number of anilines is 2. The Bertz CT molecular complexity index is 555. The molecule has 0 saturated carbocycles. The van der Waals surface area contributed by atoms with Crippen molar-refractivity contribution in [2.75, 3.05) is 12.4 Å². The molecule has 0 aromatic heterocycles. The largest absolute Gasteiger partial charge is 0.497 e. The highest BCUT2D eigenvalue weighted by Gasteiger charge is 2.07. The molecule has 0 atom stereocenters. The van der Waals surface area contributed by atoms with Crippen molar-refractivity contribution in [2.24, 2.45) is 5.73 Å². The van der Waals surface area contributed by atoms with Crippen LogP contribution >= 0.6 is 12.2 Å². The number of para-hydroxylation sites is 1. The Morgan fingerprint density at radius 3 is 2.50 bits per heavy atom. The quantitative estimate of drug-likeness (QED) is 0.827. The molecule has 0 spiro atoms. The van der Waals surface area contributed by atoms with Gasteiger partial charge in [0.2, 0.25) is 0 Å². The Morgan fingerprint density at radius 1 is 1.17 bits per heavy atom. The highest BCUT2D eigenvalue weighted by atomic mass is 32.1. The van der Waals surface area contributed by atoms with Crippen LogP contribution in [0, 0.1) is 0 Å². The summed E-state index contributed by atoms with van der Waals surface area (Å²) in [4.78, 5) is 0.357. The summed E-state index contributed by atoms with van der Waals surface area (Å²) in [7, 11) is 1.63. The molecule has 0 bridgehead atoms. The fraction of sp³-hybridized carbons (Fsp3) is 0.0714. The number of nitrogens with two attached hydrogens (primary N) is 1. The molecule has 0 radical (unpaired) electrons. The lowest BCUT2D eigenvalue weighted by Gasteiger charge is -2.12. The molecule has 18 heavy (non-hydrogen) atoms. The van der Waals surface area contributed by atoms with Gasteiger partial charge in [0.25, 0.3) is 0 Å². The Labute approximate surface area is 112 Å². The van der Waals surface area contributed by atoms with E-state index in [2.05, 4.69) is 5.32 Å². The molecule has 0 aliphatic heterocycles. The van der Waals surface area contributed by atoms with Crippen molar-refractivity contribution in [1.29, 1.82) is 0 Å². The summed E-state index contributed by atoms with van der Waals surface area (Å²) in [5.41, 5.74) is 8.33. The monoisotopic (exact) mass is 258 g/mol. The molecule has 3 nitrogen and oxygen atoms in total. The lowest BCUT2D eigenvalue weighted by molar-refractivity contribution is 0.415. The summed E-state index contributed by atoms with van der Waals surface area (Å²) in [5, 5.41) is 3.28. The molecule has 0 saturated heterocycles. The predicted molar refractivity (Wildman–Crippen MR) is 78.6 cm³/mol. The van der Waals surface area contributed by atoms with E-state index in [1.807, 2.05) is 48.5 Å². The number of rotatable bonds is 4. The van der Waals surface area contributed by atoms with Crippen molar-refractivity contribution in [2.45, 2.75) is 0 Å². The van der Waals surface area contributed by atoms with Crippen LogP contribution in [0.5, 0.6) is 5.75 Å². The molecule has 0 aliphatic rings. The average Bonchev–Trinajstić information content (AvgIpc) is 2.39. The van der Waals surface area contributed by atoms with E-state index >= 15 is 0 Å². The van der Waals surface area contributed by atoms with Crippen molar-refractivity contribution >= 4 is 28.6 Å². The number of benzene rings is 2. The van der Waals surface area contributed by atoms with Gasteiger partial charge in [-0.1, -0.05) is 30.4 Å². The van der Waals surface area contributed by atoms with E-state index in [0.717, 1.165) is 22.7 Å². The third-order valence-corrected chi connectivity index (χ3v) is 2.76. The van der Waals surface area contributed by atoms with E-state index in [1.54, 1.807) is 7.11 Å². The molecular weight excluding hydrogens is 244 g/mol. The lowest BCUT2D eigenvalue weighted by Crippen LogP contribution is -2.12. The minimum absolute atomic E-state index is 0.357. The first-order valence-corrected chi connectivity index (χ1v) is 5.91. The zero-order valence-corrected chi connectivity index (χ0v) is 10.8. The molecule has 3 N–H and O–H groups in total. The number of methoxy groups -OCH3 is 1. The van der Waals surface area contributed by atoms with Gasteiger partial charge in [-0.25, -0.2) is 0 Å². The standard InChI is InChI=1S/C14H14N2OS/c1-17-11-7-8-12(14(15)18)13(9-11)16-10-5-3-2-4-6-10/h2-9,16H,1H3,(H2,15,18). The van der Waals surface area contributed by atoms with E-state index in [4.69, 9.17) is 22.7 Å². The normalized spacial score (nSPS) is 9.83. The van der Waals surface area contributed by atoms with Gasteiger partial charge in [-0.15, -0.1) is 0 Å². The second-order valence-corrected chi connectivity index (χ2v) is 4.21. The van der Waals surface area contributed by atoms with Gasteiger partial charge in [0, 0.05) is 17.3 Å². The summed E-state index contributed by atoms with van der Waals surface area (Å²) in [6, 6.07) is 15.4. The van der Waals surface area contributed by atoms with Crippen molar-refractivity contribution < 1.29 is 4.74 Å². The zero-order chi connectivity index (χ0) is 13.0. The minimum atomic E-state index is 0.357. The van der Waals surface area contributed by atoms with Gasteiger partial charge in [-0.05, 0) is 24.3 Å². The number of hydrogen-bond donors (Lipinski definition) is 2. The number of ether oxygens (including phenoxy) is 1. The topological polar surface area (TPSA) is 47.3 Å². The van der Waals surface area contributed by atoms with E-state index in [0.29, 0.717) is 4.99 Å². The second-order valence-electron chi connectivity index (χ2n) is 3.77. The SMILES string of the molecule is COc1ccc(C(N)=S)c(Nc2ccccc2)c1. The Morgan fingerprint density at radius 2 is 1.89 bits per heavy atom. The van der Waals surface area contributed by atoms with Crippen molar-refractivity contribution in [3.05, 3.63) is 54.1 Å².